The molecule has 0 spiro atoms. The fourth-order valence-corrected chi connectivity index (χ4v) is 1.63. The number of aryl methyl sites for hydroxylation is 1. The number of hydrogen-bond donors (Lipinski definition) is 1. The number of hydrogen-bond acceptors (Lipinski definition) is 2. The van der Waals surface area contributed by atoms with Crippen molar-refractivity contribution >= 4 is 23.5 Å². The molecule has 0 fully saturated rings. The first-order chi connectivity index (χ1) is 7.88. The summed E-state index contributed by atoms with van der Waals surface area (Å²) in [6.07, 6.45) is -2.98. The predicted molar refractivity (Wildman–Crippen MR) is 57.6 cm³/mol. The summed E-state index contributed by atoms with van der Waals surface area (Å²) in [5.41, 5.74) is -0.221. The molecule has 1 N–H and O–H groups in total. The molecule has 2 rings (SSSR count). The van der Waals surface area contributed by atoms with Gasteiger partial charge in [-0.3, -0.25) is 9.79 Å². The normalized spacial score (nSPS) is 15.2. The fourth-order valence-electron chi connectivity index (χ4n) is 1.63. The second-order valence-corrected chi connectivity index (χ2v) is 3.75. The Balaban J connectivity index is 2.56. The molecule has 0 unspecified atom stereocenters. The number of carbonyl (C=O) groups excluding carboxylic acids is 1. The van der Waals surface area contributed by atoms with Gasteiger partial charge in [-0.05, 0) is 24.6 Å². The van der Waals surface area contributed by atoms with Crippen LogP contribution in [0.15, 0.2) is 17.1 Å². The molecule has 0 atom stereocenters. The summed E-state index contributed by atoms with van der Waals surface area (Å²) in [6.45, 7) is 1.37. The summed E-state index contributed by atoms with van der Waals surface area (Å²) in [5.74, 6) is -0.371. The van der Waals surface area contributed by atoms with Crippen molar-refractivity contribution in [2.45, 2.75) is 19.5 Å². The Morgan fingerprint density at radius 1 is 1.35 bits per heavy atom. The number of carbonyl (C=O) groups is 1. The third-order valence-electron chi connectivity index (χ3n) is 2.43. The van der Waals surface area contributed by atoms with Gasteiger partial charge in [0.1, 0.15) is 0 Å². The van der Waals surface area contributed by atoms with E-state index in [2.05, 4.69) is 10.3 Å². The van der Waals surface area contributed by atoms with Crippen molar-refractivity contribution in [3.63, 3.8) is 0 Å². The minimum absolute atomic E-state index is 0.0646. The number of aliphatic imine (C=N–C) groups is 1. The predicted octanol–water partition coefficient (Wildman–Crippen LogP) is 3.06. The van der Waals surface area contributed by atoms with Crippen LogP contribution in [0.1, 0.15) is 17.5 Å². The third kappa shape index (κ3) is 2.30. The minimum atomic E-state index is -4.43. The molecule has 0 saturated heterocycles. The Labute approximate surface area is 95.4 Å². The number of rotatable bonds is 0. The van der Waals surface area contributed by atoms with Crippen LogP contribution in [0.5, 0.6) is 0 Å². The first-order valence-electron chi connectivity index (χ1n) is 4.92. The van der Waals surface area contributed by atoms with Crippen LogP contribution in [0.3, 0.4) is 0 Å². The molecular weight excluding hydrogens is 233 g/mol. The standard InChI is InChI=1S/C11H9F3N2O/c1-6-4-8-9(5-7(6)11(12,13)14)16-10(17)2-3-15-8/h3-5H,2H2,1H3,(H,16,17). The van der Waals surface area contributed by atoms with Gasteiger partial charge in [0.25, 0.3) is 0 Å². The second-order valence-electron chi connectivity index (χ2n) is 3.75. The number of nitrogens with one attached hydrogen (secondary N) is 1. The Bertz CT molecular complexity index is 506. The van der Waals surface area contributed by atoms with E-state index >= 15 is 0 Å². The monoisotopic (exact) mass is 242 g/mol. The molecule has 1 amide bonds. The van der Waals surface area contributed by atoms with E-state index < -0.39 is 11.7 Å². The summed E-state index contributed by atoms with van der Waals surface area (Å²) in [4.78, 5) is 15.2. The number of nitrogens with zero attached hydrogens (tertiary/aromatic N) is 1. The lowest BCUT2D eigenvalue weighted by Gasteiger charge is -2.13. The van der Waals surface area contributed by atoms with Crippen LogP contribution < -0.4 is 5.32 Å². The van der Waals surface area contributed by atoms with Gasteiger partial charge in [-0.25, -0.2) is 0 Å². The average Bonchev–Trinajstić information content (AvgIpc) is 2.36. The van der Waals surface area contributed by atoms with Crippen molar-refractivity contribution in [3.05, 3.63) is 23.3 Å². The highest BCUT2D eigenvalue weighted by Gasteiger charge is 2.33. The van der Waals surface area contributed by atoms with Gasteiger partial charge >= 0.3 is 6.18 Å². The third-order valence-corrected chi connectivity index (χ3v) is 2.43. The van der Waals surface area contributed by atoms with Crippen LogP contribution in [0.4, 0.5) is 24.5 Å². The summed E-state index contributed by atoms with van der Waals surface area (Å²) in [7, 11) is 0. The fraction of sp³-hybridized carbons (Fsp3) is 0.273. The van der Waals surface area contributed by atoms with Gasteiger partial charge < -0.3 is 5.32 Å². The van der Waals surface area contributed by atoms with Crippen molar-refractivity contribution in [2.75, 3.05) is 5.32 Å². The highest BCUT2D eigenvalue weighted by molar-refractivity contribution is 6.03. The van der Waals surface area contributed by atoms with Gasteiger partial charge in [0, 0.05) is 6.21 Å². The lowest BCUT2D eigenvalue weighted by molar-refractivity contribution is -0.138. The molecule has 1 aromatic carbocycles. The van der Waals surface area contributed by atoms with Crippen LogP contribution in [0.2, 0.25) is 0 Å². The van der Waals surface area contributed by atoms with E-state index in [4.69, 9.17) is 0 Å². The zero-order valence-corrected chi connectivity index (χ0v) is 8.93. The highest BCUT2D eigenvalue weighted by atomic mass is 19.4. The summed E-state index contributed by atoms with van der Waals surface area (Å²) < 4.78 is 38.0. The first kappa shape index (κ1) is 11.6. The zero-order chi connectivity index (χ0) is 12.6. The molecule has 6 heteroatoms. The van der Waals surface area contributed by atoms with E-state index in [1.165, 1.54) is 19.2 Å². The van der Waals surface area contributed by atoms with Crippen LogP contribution in [-0.2, 0) is 11.0 Å². The molecule has 0 radical (unpaired) electrons. The maximum atomic E-state index is 12.7. The second kappa shape index (κ2) is 3.87. The molecule has 17 heavy (non-hydrogen) atoms. The highest BCUT2D eigenvalue weighted by Crippen LogP contribution is 2.38. The molecule has 1 aliphatic heterocycles. The number of benzene rings is 1. The molecule has 1 heterocycles. The Hall–Kier alpha value is -1.85. The minimum Gasteiger partial charge on any atom is -0.324 e. The van der Waals surface area contributed by atoms with Gasteiger partial charge in [0.15, 0.2) is 0 Å². The Morgan fingerprint density at radius 2 is 2.06 bits per heavy atom. The van der Waals surface area contributed by atoms with E-state index in [1.807, 2.05) is 0 Å². The molecule has 90 valence electrons. The maximum Gasteiger partial charge on any atom is 0.416 e. The van der Waals surface area contributed by atoms with Crippen LogP contribution in [-0.4, -0.2) is 12.1 Å². The van der Waals surface area contributed by atoms with E-state index in [-0.39, 0.29) is 23.6 Å². The van der Waals surface area contributed by atoms with Crippen molar-refractivity contribution < 1.29 is 18.0 Å². The largest absolute Gasteiger partial charge is 0.416 e. The SMILES string of the molecule is Cc1cc2c(cc1C(F)(F)F)NC(=O)CC=N2. The van der Waals surface area contributed by atoms with Gasteiger partial charge in [0.2, 0.25) is 5.91 Å². The Kier molecular flexibility index (Phi) is 2.65. The quantitative estimate of drug-likeness (QED) is 0.746. The lowest BCUT2D eigenvalue weighted by atomic mass is 10.1. The van der Waals surface area contributed by atoms with Crippen molar-refractivity contribution in [1.29, 1.82) is 0 Å². The summed E-state index contributed by atoms with van der Waals surface area (Å²) in [5, 5.41) is 2.40. The summed E-state index contributed by atoms with van der Waals surface area (Å²) >= 11 is 0. The molecule has 0 aromatic heterocycles. The first-order valence-corrected chi connectivity index (χ1v) is 4.92. The number of amides is 1. The molecule has 1 aliphatic rings. The maximum absolute atomic E-state index is 12.7. The number of halogens is 3. The van der Waals surface area contributed by atoms with Gasteiger partial charge in [-0.1, -0.05) is 0 Å². The smallest absolute Gasteiger partial charge is 0.324 e. The molecule has 0 aliphatic carbocycles. The average molecular weight is 242 g/mol. The van der Waals surface area contributed by atoms with E-state index in [0.717, 1.165) is 6.07 Å². The van der Waals surface area contributed by atoms with Gasteiger partial charge in [0.05, 0.1) is 23.4 Å². The topological polar surface area (TPSA) is 41.5 Å². The van der Waals surface area contributed by atoms with Crippen LogP contribution in [0.25, 0.3) is 0 Å². The van der Waals surface area contributed by atoms with Crippen molar-refractivity contribution in [2.24, 2.45) is 4.99 Å². The van der Waals surface area contributed by atoms with Crippen LogP contribution in [0, 0.1) is 6.92 Å². The molecular formula is C11H9F3N2O. The number of anilines is 1. The number of fused-ring (bicyclic) bond motifs is 1. The lowest BCUT2D eigenvalue weighted by Crippen LogP contribution is -2.12. The van der Waals surface area contributed by atoms with E-state index in [1.54, 1.807) is 0 Å². The molecule has 3 nitrogen and oxygen atoms in total. The molecule has 1 aromatic rings. The number of alkyl halides is 3. The van der Waals surface area contributed by atoms with Gasteiger partial charge in [-0.2, -0.15) is 13.2 Å². The van der Waals surface area contributed by atoms with Crippen molar-refractivity contribution in [1.82, 2.24) is 0 Å². The van der Waals surface area contributed by atoms with Gasteiger partial charge in [-0.15, -0.1) is 0 Å². The molecule has 0 bridgehead atoms. The van der Waals surface area contributed by atoms with E-state index in [0.29, 0.717) is 5.69 Å². The Morgan fingerprint density at radius 3 is 2.71 bits per heavy atom. The molecule has 0 saturated carbocycles. The summed E-state index contributed by atoms with van der Waals surface area (Å²) in [6, 6.07) is 2.24. The zero-order valence-electron chi connectivity index (χ0n) is 8.93. The van der Waals surface area contributed by atoms with E-state index in [9.17, 15) is 18.0 Å². The van der Waals surface area contributed by atoms with Crippen LogP contribution >= 0.6 is 0 Å². The van der Waals surface area contributed by atoms with Crippen molar-refractivity contribution in [3.8, 4) is 0 Å².